The second-order valence-corrected chi connectivity index (χ2v) is 6.27. The quantitative estimate of drug-likeness (QED) is 0.813. The van der Waals surface area contributed by atoms with Crippen molar-refractivity contribution >= 4 is 25.3 Å². The Labute approximate surface area is 96.6 Å². The third-order valence-corrected chi connectivity index (χ3v) is 5.09. The van der Waals surface area contributed by atoms with Crippen LogP contribution in [0.25, 0.3) is 0 Å². The molecule has 1 aliphatic heterocycles. The summed E-state index contributed by atoms with van der Waals surface area (Å²) in [5.74, 6) is 0.722. The van der Waals surface area contributed by atoms with Crippen LogP contribution in [0.2, 0.25) is 5.32 Å². The summed E-state index contributed by atoms with van der Waals surface area (Å²) in [6.07, 6.45) is 0.704. The minimum atomic E-state index is 0.219. The van der Waals surface area contributed by atoms with Crippen molar-refractivity contribution in [1.29, 1.82) is 0 Å². The number of hydrogen-bond acceptors (Lipinski definition) is 1. The van der Waals surface area contributed by atoms with E-state index >= 15 is 0 Å². The Morgan fingerprint density at radius 2 is 2.13 bits per heavy atom. The second-order valence-electron chi connectivity index (χ2n) is 3.98. The fraction of sp³-hybridized carbons (Fsp3) is 0.417. The monoisotopic (exact) mass is 269 g/mol. The molecule has 1 aromatic carbocycles. The zero-order valence-corrected chi connectivity index (χ0v) is 10.5. The van der Waals surface area contributed by atoms with Gasteiger partial charge in [-0.25, -0.2) is 0 Å². The summed E-state index contributed by atoms with van der Waals surface area (Å²) < 4.78 is 1.42. The first-order valence-electron chi connectivity index (χ1n) is 5.23. The van der Waals surface area contributed by atoms with Gasteiger partial charge in [-0.15, -0.1) is 0 Å². The molecule has 2 unspecified atom stereocenters. The van der Waals surface area contributed by atoms with Gasteiger partial charge in [-0.2, -0.15) is 0 Å². The predicted molar refractivity (Wildman–Crippen MR) is 62.3 cm³/mol. The van der Waals surface area contributed by atoms with Crippen LogP contribution in [0.5, 0.6) is 0 Å². The zero-order valence-electron chi connectivity index (χ0n) is 8.77. The SMILES string of the molecule is CC1CC(=O)NC1C[Se]c1ccccc1. The standard InChI is InChI=1S/C12H15NOSe/c1-9-7-12(14)13-11(9)8-15-10-5-3-2-4-6-10/h2-6,9,11H,7-8H2,1H3,(H,13,14). The molecule has 0 aromatic heterocycles. The summed E-state index contributed by atoms with van der Waals surface area (Å²) in [6, 6.07) is 10.9. The Balaban J connectivity index is 1.86. The molecule has 0 spiro atoms. The van der Waals surface area contributed by atoms with Gasteiger partial charge in [0.25, 0.3) is 0 Å². The van der Waals surface area contributed by atoms with Gasteiger partial charge in [0.1, 0.15) is 0 Å². The van der Waals surface area contributed by atoms with Gasteiger partial charge in [-0.3, -0.25) is 0 Å². The van der Waals surface area contributed by atoms with Crippen molar-refractivity contribution in [3.8, 4) is 0 Å². The van der Waals surface area contributed by atoms with Gasteiger partial charge in [-0.1, -0.05) is 0 Å². The molecule has 2 nitrogen and oxygen atoms in total. The van der Waals surface area contributed by atoms with Crippen molar-refractivity contribution in [2.75, 3.05) is 0 Å². The van der Waals surface area contributed by atoms with Crippen LogP contribution in [0.1, 0.15) is 13.3 Å². The van der Waals surface area contributed by atoms with Gasteiger partial charge >= 0.3 is 96.4 Å². The number of carbonyl (C=O) groups is 1. The number of hydrogen-bond donors (Lipinski definition) is 1. The first-order valence-corrected chi connectivity index (χ1v) is 7.29. The number of amides is 1. The Hall–Kier alpha value is -0.791. The molecule has 1 saturated heterocycles. The van der Waals surface area contributed by atoms with E-state index in [9.17, 15) is 4.79 Å². The van der Waals surface area contributed by atoms with Crippen LogP contribution in [0.4, 0.5) is 0 Å². The van der Waals surface area contributed by atoms with Gasteiger partial charge in [0.05, 0.1) is 0 Å². The van der Waals surface area contributed by atoms with E-state index in [1.165, 1.54) is 4.46 Å². The molecule has 0 saturated carbocycles. The van der Waals surface area contributed by atoms with Crippen LogP contribution in [-0.4, -0.2) is 26.9 Å². The first kappa shape index (κ1) is 10.7. The Morgan fingerprint density at radius 1 is 1.40 bits per heavy atom. The first-order chi connectivity index (χ1) is 7.25. The van der Waals surface area contributed by atoms with E-state index < -0.39 is 0 Å². The summed E-state index contributed by atoms with van der Waals surface area (Å²) in [4.78, 5) is 11.2. The molecular weight excluding hydrogens is 253 g/mol. The summed E-state index contributed by atoms with van der Waals surface area (Å²) in [7, 11) is 0. The third-order valence-electron chi connectivity index (χ3n) is 2.71. The second kappa shape index (κ2) is 4.82. The molecule has 3 heteroatoms. The van der Waals surface area contributed by atoms with E-state index in [0.29, 0.717) is 33.3 Å². The molecule has 1 aromatic rings. The van der Waals surface area contributed by atoms with E-state index in [-0.39, 0.29) is 5.91 Å². The minimum absolute atomic E-state index is 0.219. The predicted octanol–water partition coefficient (Wildman–Crippen LogP) is 0.959. The van der Waals surface area contributed by atoms with Crippen molar-refractivity contribution in [2.24, 2.45) is 5.92 Å². The Bertz CT molecular complexity index is 339. The van der Waals surface area contributed by atoms with Crippen molar-refractivity contribution in [2.45, 2.75) is 24.7 Å². The molecule has 1 heterocycles. The number of carbonyl (C=O) groups excluding carboxylic acids is 1. The molecule has 1 fully saturated rings. The fourth-order valence-electron chi connectivity index (χ4n) is 1.75. The summed E-state index contributed by atoms with van der Waals surface area (Å²) in [6.45, 7) is 2.16. The molecular formula is C12H15NOSe. The van der Waals surface area contributed by atoms with Crippen LogP contribution in [0.3, 0.4) is 0 Å². The van der Waals surface area contributed by atoms with E-state index in [1.807, 2.05) is 6.07 Å². The summed E-state index contributed by atoms with van der Waals surface area (Å²) in [5, 5.41) is 4.17. The molecule has 15 heavy (non-hydrogen) atoms. The Morgan fingerprint density at radius 3 is 2.73 bits per heavy atom. The van der Waals surface area contributed by atoms with E-state index in [1.54, 1.807) is 0 Å². The maximum absolute atomic E-state index is 11.2. The molecule has 0 bridgehead atoms. The molecule has 2 atom stereocenters. The van der Waals surface area contributed by atoms with Crippen molar-refractivity contribution in [1.82, 2.24) is 5.32 Å². The van der Waals surface area contributed by atoms with Crippen LogP contribution in [0, 0.1) is 5.92 Å². The Kier molecular flexibility index (Phi) is 3.45. The molecule has 2 rings (SSSR count). The van der Waals surface area contributed by atoms with Crippen LogP contribution < -0.4 is 9.78 Å². The van der Waals surface area contributed by atoms with E-state index in [2.05, 4.69) is 36.5 Å². The topological polar surface area (TPSA) is 29.1 Å². The number of rotatable bonds is 3. The van der Waals surface area contributed by atoms with Crippen LogP contribution in [-0.2, 0) is 4.79 Å². The third kappa shape index (κ3) is 2.83. The van der Waals surface area contributed by atoms with Crippen LogP contribution >= 0.6 is 0 Å². The van der Waals surface area contributed by atoms with Crippen molar-refractivity contribution in [3.05, 3.63) is 30.3 Å². The molecule has 80 valence electrons. The van der Waals surface area contributed by atoms with Gasteiger partial charge in [0, 0.05) is 0 Å². The number of nitrogens with one attached hydrogen (secondary N) is 1. The van der Waals surface area contributed by atoms with Crippen molar-refractivity contribution in [3.63, 3.8) is 0 Å². The fourth-order valence-corrected chi connectivity index (χ4v) is 4.13. The molecule has 1 amide bonds. The average Bonchev–Trinajstić information content (AvgIpc) is 2.56. The van der Waals surface area contributed by atoms with Gasteiger partial charge < -0.3 is 0 Å². The van der Waals surface area contributed by atoms with Crippen molar-refractivity contribution < 1.29 is 4.79 Å². The molecule has 1 aliphatic rings. The maximum atomic E-state index is 11.2. The van der Waals surface area contributed by atoms with Crippen LogP contribution in [0.15, 0.2) is 30.3 Å². The summed E-state index contributed by atoms with van der Waals surface area (Å²) in [5.41, 5.74) is 0. The normalized spacial score (nSPS) is 25.3. The molecule has 0 aliphatic carbocycles. The van der Waals surface area contributed by atoms with Gasteiger partial charge in [-0.05, 0) is 0 Å². The average molecular weight is 268 g/mol. The van der Waals surface area contributed by atoms with Gasteiger partial charge in [0.15, 0.2) is 0 Å². The zero-order chi connectivity index (χ0) is 10.7. The molecule has 0 radical (unpaired) electrons. The summed E-state index contributed by atoms with van der Waals surface area (Å²) >= 11 is 0.484. The van der Waals surface area contributed by atoms with E-state index in [4.69, 9.17) is 0 Å². The van der Waals surface area contributed by atoms with Gasteiger partial charge in [0.2, 0.25) is 0 Å². The number of benzene rings is 1. The molecule has 1 N–H and O–H groups in total. The van der Waals surface area contributed by atoms with E-state index in [0.717, 1.165) is 5.32 Å².